The molecule has 0 spiro atoms. The van der Waals surface area contributed by atoms with Gasteiger partial charge < -0.3 is 0 Å². The summed E-state index contributed by atoms with van der Waals surface area (Å²) in [6.07, 6.45) is 5.02. The Morgan fingerprint density at radius 1 is 0.879 bits per heavy atom. The standard InChI is InChI=1S/C30H30N2S/c1-19(2)12-20-13-29-27(32-18-20)17-28(33-29)22-10-11-31-26(16-22)23-14-21-8-6-7-9-24(21)25(15-23)30(3,4)5/h6-11,13-19H,12H2,1-5H3. The van der Waals surface area contributed by atoms with Crippen LogP contribution in [0.4, 0.5) is 0 Å². The van der Waals surface area contributed by atoms with Crippen molar-refractivity contribution in [2.24, 2.45) is 5.92 Å². The van der Waals surface area contributed by atoms with E-state index in [1.165, 1.54) is 42.6 Å². The van der Waals surface area contributed by atoms with E-state index in [0.717, 1.165) is 17.6 Å². The zero-order chi connectivity index (χ0) is 23.2. The molecule has 0 N–H and O–H groups in total. The number of pyridine rings is 2. The van der Waals surface area contributed by atoms with Crippen LogP contribution in [0.2, 0.25) is 0 Å². The van der Waals surface area contributed by atoms with Crippen LogP contribution in [-0.2, 0) is 11.8 Å². The van der Waals surface area contributed by atoms with Gasteiger partial charge in [-0.25, -0.2) is 0 Å². The number of fused-ring (bicyclic) bond motifs is 2. The van der Waals surface area contributed by atoms with Crippen LogP contribution in [0.3, 0.4) is 0 Å². The highest BCUT2D eigenvalue weighted by Crippen LogP contribution is 2.37. The summed E-state index contributed by atoms with van der Waals surface area (Å²) in [5, 5.41) is 2.58. The minimum Gasteiger partial charge on any atom is -0.256 e. The number of aromatic nitrogens is 2. The van der Waals surface area contributed by atoms with Crippen molar-refractivity contribution in [3.63, 3.8) is 0 Å². The predicted molar refractivity (Wildman–Crippen MR) is 143 cm³/mol. The Hall–Kier alpha value is -3.04. The first-order chi connectivity index (χ1) is 15.8. The molecule has 3 heteroatoms. The fourth-order valence-corrected chi connectivity index (χ4v) is 5.58. The highest BCUT2D eigenvalue weighted by molar-refractivity contribution is 7.22. The van der Waals surface area contributed by atoms with Crippen molar-refractivity contribution in [3.05, 3.63) is 84.2 Å². The maximum atomic E-state index is 4.75. The van der Waals surface area contributed by atoms with Gasteiger partial charge in [0.05, 0.1) is 15.9 Å². The summed E-state index contributed by atoms with van der Waals surface area (Å²) in [6, 6.07) is 22.1. The van der Waals surface area contributed by atoms with E-state index in [2.05, 4.69) is 95.3 Å². The number of hydrogen-bond acceptors (Lipinski definition) is 3. The molecular weight excluding hydrogens is 420 g/mol. The molecule has 166 valence electrons. The SMILES string of the molecule is CC(C)Cc1cnc2cc(-c3ccnc(-c4cc(C(C)(C)C)c5ccccc5c4)c3)sc2c1. The Morgan fingerprint density at radius 3 is 2.48 bits per heavy atom. The van der Waals surface area contributed by atoms with Gasteiger partial charge in [-0.05, 0) is 81.6 Å². The highest BCUT2D eigenvalue weighted by atomic mass is 32.1. The number of nitrogens with zero attached hydrogens (tertiary/aromatic N) is 2. The van der Waals surface area contributed by atoms with Crippen LogP contribution >= 0.6 is 11.3 Å². The quantitative estimate of drug-likeness (QED) is 0.274. The average molecular weight is 451 g/mol. The molecule has 0 saturated carbocycles. The summed E-state index contributed by atoms with van der Waals surface area (Å²) in [6.45, 7) is 11.3. The van der Waals surface area contributed by atoms with E-state index < -0.39 is 0 Å². The van der Waals surface area contributed by atoms with E-state index in [9.17, 15) is 0 Å². The first-order valence-corrected chi connectivity index (χ1v) is 12.5. The fourth-order valence-electron chi connectivity index (χ4n) is 4.50. The third-order valence-electron chi connectivity index (χ3n) is 6.08. The van der Waals surface area contributed by atoms with Gasteiger partial charge in [-0.15, -0.1) is 11.3 Å². The van der Waals surface area contributed by atoms with Crippen LogP contribution in [0.5, 0.6) is 0 Å². The molecule has 0 unspecified atom stereocenters. The van der Waals surface area contributed by atoms with Gasteiger partial charge >= 0.3 is 0 Å². The van der Waals surface area contributed by atoms with E-state index >= 15 is 0 Å². The zero-order valence-electron chi connectivity index (χ0n) is 20.0. The van der Waals surface area contributed by atoms with Gasteiger partial charge in [0.25, 0.3) is 0 Å². The lowest BCUT2D eigenvalue weighted by molar-refractivity contribution is 0.596. The van der Waals surface area contributed by atoms with E-state index in [1.807, 2.05) is 23.7 Å². The fraction of sp³-hybridized carbons (Fsp3) is 0.267. The van der Waals surface area contributed by atoms with Crippen LogP contribution in [0, 0.1) is 5.92 Å². The minimum absolute atomic E-state index is 0.0536. The number of hydrogen-bond donors (Lipinski definition) is 0. The third-order valence-corrected chi connectivity index (χ3v) is 7.20. The normalized spacial score (nSPS) is 12.2. The Labute approximate surface area is 200 Å². The van der Waals surface area contributed by atoms with Crippen LogP contribution in [-0.4, -0.2) is 9.97 Å². The second-order valence-electron chi connectivity index (χ2n) is 10.4. The van der Waals surface area contributed by atoms with E-state index in [0.29, 0.717) is 5.92 Å². The summed E-state index contributed by atoms with van der Waals surface area (Å²) >= 11 is 1.82. The molecular formula is C30H30N2S. The van der Waals surface area contributed by atoms with Crippen LogP contribution < -0.4 is 0 Å². The van der Waals surface area contributed by atoms with E-state index in [-0.39, 0.29) is 5.41 Å². The Morgan fingerprint density at radius 2 is 1.70 bits per heavy atom. The predicted octanol–water partition coefficient (Wildman–Crippen LogP) is 8.67. The average Bonchev–Trinajstić information content (AvgIpc) is 3.21. The first kappa shape index (κ1) is 21.8. The van der Waals surface area contributed by atoms with Crippen LogP contribution in [0.15, 0.2) is 73.1 Å². The summed E-state index contributed by atoms with van der Waals surface area (Å²) in [7, 11) is 0. The number of benzene rings is 2. The molecule has 2 nitrogen and oxygen atoms in total. The monoisotopic (exact) mass is 450 g/mol. The molecule has 5 aromatic rings. The second-order valence-corrected chi connectivity index (χ2v) is 11.4. The second kappa shape index (κ2) is 8.39. The maximum Gasteiger partial charge on any atom is 0.0816 e. The summed E-state index contributed by atoms with van der Waals surface area (Å²) in [4.78, 5) is 10.7. The van der Waals surface area contributed by atoms with Crippen molar-refractivity contribution < 1.29 is 0 Å². The molecule has 0 fully saturated rings. The molecule has 33 heavy (non-hydrogen) atoms. The molecule has 3 heterocycles. The molecule has 0 atom stereocenters. The van der Waals surface area contributed by atoms with Crippen molar-refractivity contribution in [2.75, 3.05) is 0 Å². The Kier molecular flexibility index (Phi) is 5.54. The number of thiophene rings is 1. The van der Waals surface area contributed by atoms with Gasteiger partial charge in [0.15, 0.2) is 0 Å². The minimum atomic E-state index is 0.0536. The zero-order valence-corrected chi connectivity index (χ0v) is 20.8. The molecule has 3 aromatic heterocycles. The van der Waals surface area contributed by atoms with Crippen molar-refractivity contribution in [3.8, 4) is 21.7 Å². The number of rotatable bonds is 4. The van der Waals surface area contributed by atoms with Crippen molar-refractivity contribution in [1.82, 2.24) is 9.97 Å². The van der Waals surface area contributed by atoms with Gasteiger partial charge in [0.2, 0.25) is 0 Å². The molecule has 0 aliphatic heterocycles. The highest BCUT2D eigenvalue weighted by Gasteiger charge is 2.19. The van der Waals surface area contributed by atoms with E-state index in [1.54, 1.807) is 0 Å². The molecule has 0 radical (unpaired) electrons. The summed E-state index contributed by atoms with van der Waals surface area (Å²) in [5.74, 6) is 0.631. The molecule has 0 amide bonds. The lowest BCUT2D eigenvalue weighted by Gasteiger charge is -2.22. The van der Waals surface area contributed by atoms with Crippen LogP contribution in [0.25, 0.3) is 42.7 Å². The lowest BCUT2D eigenvalue weighted by Crippen LogP contribution is -2.12. The lowest BCUT2D eigenvalue weighted by atomic mass is 9.82. The summed E-state index contributed by atoms with van der Waals surface area (Å²) < 4.78 is 1.25. The third kappa shape index (κ3) is 4.43. The molecule has 0 aliphatic carbocycles. The topological polar surface area (TPSA) is 25.8 Å². The van der Waals surface area contributed by atoms with Gasteiger partial charge in [-0.1, -0.05) is 58.9 Å². The van der Waals surface area contributed by atoms with Crippen LogP contribution in [0.1, 0.15) is 45.7 Å². The molecule has 5 rings (SSSR count). The van der Waals surface area contributed by atoms with Gasteiger partial charge in [0, 0.05) is 22.8 Å². The van der Waals surface area contributed by atoms with Crippen molar-refractivity contribution >= 4 is 32.3 Å². The molecule has 0 bridgehead atoms. The molecule has 0 saturated heterocycles. The Balaban J connectivity index is 1.58. The largest absolute Gasteiger partial charge is 0.256 e. The first-order valence-electron chi connectivity index (χ1n) is 11.7. The van der Waals surface area contributed by atoms with Gasteiger partial charge in [-0.3, -0.25) is 9.97 Å². The Bertz CT molecular complexity index is 1450. The van der Waals surface area contributed by atoms with Crippen molar-refractivity contribution in [2.45, 2.75) is 46.5 Å². The van der Waals surface area contributed by atoms with Crippen molar-refractivity contribution in [1.29, 1.82) is 0 Å². The smallest absolute Gasteiger partial charge is 0.0816 e. The van der Waals surface area contributed by atoms with E-state index in [4.69, 9.17) is 9.97 Å². The molecule has 2 aromatic carbocycles. The molecule has 0 aliphatic rings. The van der Waals surface area contributed by atoms with Gasteiger partial charge in [-0.2, -0.15) is 0 Å². The summed E-state index contributed by atoms with van der Waals surface area (Å²) in [5.41, 5.74) is 7.16. The maximum absolute atomic E-state index is 4.75. The van der Waals surface area contributed by atoms with Gasteiger partial charge in [0.1, 0.15) is 0 Å².